The van der Waals surface area contributed by atoms with E-state index in [1.807, 2.05) is 41.3 Å². The van der Waals surface area contributed by atoms with Crippen molar-refractivity contribution in [2.75, 3.05) is 5.32 Å². The molecule has 26 heavy (non-hydrogen) atoms. The number of nitrogens with zero attached hydrogens (tertiary/aromatic N) is 4. The number of fused-ring (bicyclic) bond motifs is 1. The molecule has 0 fully saturated rings. The number of anilines is 1. The first-order valence-electron chi connectivity index (χ1n) is 8.78. The Balaban J connectivity index is 1.65. The second-order valence-electron chi connectivity index (χ2n) is 6.63. The van der Waals surface area contributed by atoms with Gasteiger partial charge in [0.15, 0.2) is 5.65 Å². The molecule has 0 radical (unpaired) electrons. The Bertz CT molecular complexity index is 1020. The van der Waals surface area contributed by atoms with E-state index >= 15 is 0 Å². The molecule has 0 atom stereocenters. The maximum absolute atomic E-state index is 4.77. The maximum atomic E-state index is 4.77. The third kappa shape index (κ3) is 3.28. The second kappa shape index (κ2) is 6.96. The van der Waals surface area contributed by atoms with E-state index in [0.29, 0.717) is 12.5 Å². The van der Waals surface area contributed by atoms with Gasteiger partial charge in [0.2, 0.25) is 0 Å². The summed E-state index contributed by atoms with van der Waals surface area (Å²) in [5.74, 6) is 1.31. The lowest BCUT2D eigenvalue weighted by atomic mass is 9.99. The van der Waals surface area contributed by atoms with E-state index in [1.54, 1.807) is 6.20 Å². The molecule has 0 aliphatic rings. The Kier molecular flexibility index (Phi) is 4.35. The van der Waals surface area contributed by atoms with Crippen LogP contribution < -0.4 is 5.32 Å². The molecule has 3 aromatic heterocycles. The molecule has 1 N–H and O–H groups in total. The smallest absolute Gasteiger partial charge is 0.165 e. The summed E-state index contributed by atoms with van der Waals surface area (Å²) in [5, 5.41) is 7.80. The van der Waals surface area contributed by atoms with E-state index in [0.717, 1.165) is 28.2 Å². The van der Waals surface area contributed by atoms with Gasteiger partial charge >= 0.3 is 0 Å². The summed E-state index contributed by atoms with van der Waals surface area (Å²) in [6, 6.07) is 14.5. The van der Waals surface area contributed by atoms with E-state index in [9.17, 15) is 0 Å². The first kappa shape index (κ1) is 16.3. The first-order chi connectivity index (χ1) is 12.7. The molecular formula is C21H21N5. The Morgan fingerprint density at radius 2 is 2.00 bits per heavy atom. The lowest BCUT2D eigenvalue weighted by Crippen LogP contribution is -2.03. The van der Waals surface area contributed by atoms with Crippen LogP contribution >= 0.6 is 0 Å². The van der Waals surface area contributed by atoms with Gasteiger partial charge < -0.3 is 5.32 Å². The molecule has 0 amide bonds. The highest BCUT2D eigenvalue weighted by molar-refractivity contribution is 5.78. The van der Waals surface area contributed by atoms with Crippen molar-refractivity contribution in [3.63, 3.8) is 0 Å². The number of benzene rings is 1. The van der Waals surface area contributed by atoms with Crippen molar-refractivity contribution in [1.82, 2.24) is 19.6 Å². The van der Waals surface area contributed by atoms with Crippen molar-refractivity contribution >= 4 is 11.5 Å². The molecule has 5 nitrogen and oxygen atoms in total. The Labute approximate surface area is 152 Å². The fraction of sp³-hybridized carbons (Fsp3) is 0.190. The number of rotatable bonds is 5. The summed E-state index contributed by atoms with van der Waals surface area (Å²) >= 11 is 0. The van der Waals surface area contributed by atoms with Crippen LogP contribution in [0.3, 0.4) is 0 Å². The van der Waals surface area contributed by atoms with Crippen molar-refractivity contribution in [2.45, 2.75) is 26.3 Å². The quantitative estimate of drug-likeness (QED) is 0.578. The van der Waals surface area contributed by atoms with Gasteiger partial charge in [-0.1, -0.05) is 44.2 Å². The zero-order valence-electron chi connectivity index (χ0n) is 14.9. The summed E-state index contributed by atoms with van der Waals surface area (Å²) in [4.78, 5) is 8.91. The zero-order chi connectivity index (χ0) is 17.9. The molecule has 0 aliphatic heterocycles. The normalized spacial score (nSPS) is 11.2. The second-order valence-corrected chi connectivity index (χ2v) is 6.63. The van der Waals surface area contributed by atoms with Crippen LogP contribution in [0.15, 0.2) is 67.3 Å². The molecule has 0 spiro atoms. The zero-order valence-corrected chi connectivity index (χ0v) is 14.9. The molecule has 130 valence electrons. The molecular weight excluding hydrogens is 322 g/mol. The molecule has 0 saturated heterocycles. The van der Waals surface area contributed by atoms with Gasteiger partial charge in [0.25, 0.3) is 0 Å². The summed E-state index contributed by atoms with van der Waals surface area (Å²) in [6.07, 6.45) is 7.45. The fourth-order valence-corrected chi connectivity index (χ4v) is 2.93. The highest BCUT2D eigenvalue weighted by Gasteiger charge is 2.10. The Morgan fingerprint density at radius 3 is 2.81 bits per heavy atom. The molecule has 0 unspecified atom stereocenters. The van der Waals surface area contributed by atoms with Crippen LogP contribution in [0.1, 0.15) is 30.9 Å². The van der Waals surface area contributed by atoms with Crippen molar-refractivity contribution in [1.29, 1.82) is 0 Å². The number of hydrogen-bond donors (Lipinski definition) is 1. The molecule has 0 aliphatic carbocycles. The molecule has 3 heterocycles. The van der Waals surface area contributed by atoms with Gasteiger partial charge in [-0.05, 0) is 34.7 Å². The van der Waals surface area contributed by atoms with E-state index < -0.39 is 0 Å². The lowest BCUT2D eigenvalue weighted by molar-refractivity contribution is 0.867. The van der Waals surface area contributed by atoms with Gasteiger partial charge in [0.1, 0.15) is 5.82 Å². The van der Waals surface area contributed by atoms with Crippen LogP contribution in [0, 0.1) is 0 Å². The Morgan fingerprint density at radius 1 is 1.08 bits per heavy atom. The minimum absolute atomic E-state index is 0.487. The van der Waals surface area contributed by atoms with Crippen molar-refractivity contribution in [2.24, 2.45) is 0 Å². The lowest BCUT2D eigenvalue weighted by Gasteiger charge is -2.08. The van der Waals surface area contributed by atoms with Gasteiger partial charge in [0.05, 0.1) is 6.20 Å². The number of pyridine rings is 1. The topological polar surface area (TPSA) is 55.1 Å². The van der Waals surface area contributed by atoms with Gasteiger partial charge in [-0.3, -0.25) is 4.98 Å². The van der Waals surface area contributed by atoms with Crippen LogP contribution in [0.2, 0.25) is 0 Å². The number of aromatic nitrogens is 4. The fourth-order valence-electron chi connectivity index (χ4n) is 2.93. The number of nitrogens with one attached hydrogen (secondary N) is 1. The van der Waals surface area contributed by atoms with Crippen molar-refractivity contribution in [3.05, 3.63) is 78.4 Å². The van der Waals surface area contributed by atoms with Gasteiger partial charge in [-0.25, -0.2) is 9.50 Å². The van der Waals surface area contributed by atoms with Crippen LogP contribution in [0.5, 0.6) is 0 Å². The number of hydrogen-bond acceptors (Lipinski definition) is 4. The monoisotopic (exact) mass is 343 g/mol. The highest BCUT2D eigenvalue weighted by atomic mass is 15.2. The van der Waals surface area contributed by atoms with Crippen LogP contribution in [0.25, 0.3) is 16.8 Å². The predicted octanol–water partition coefficient (Wildman–Crippen LogP) is 4.53. The molecule has 4 aromatic rings. The minimum atomic E-state index is 0.487. The average Bonchev–Trinajstić information content (AvgIpc) is 3.10. The molecule has 1 aromatic carbocycles. The minimum Gasteiger partial charge on any atom is -0.366 e. The molecule has 0 saturated carbocycles. The van der Waals surface area contributed by atoms with Crippen molar-refractivity contribution < 1.29 is 0 Å². The van der Waals surface area contributed by atoms with Crippen molar-refractivity contribution in [3.8, 4) is 11.1 Å². The molecule has 5 heteroatoms. The maximum Gasteiger partial charge on any atom is 0.165 e. The predicted molar refractivity (Wildman–Crippen MR) is 104 cm³/mol. The van der Waals surface area contributed by atoms with E-state index in [-0.39, 0.29) is 0 Å². The molecule has 4 rings (SSSR count). The van der Waals surface area contributed by atoms with Gasteiger partial charge in [-0.15, -0.1) is 0 Å². The van der Waals surface area contributed by atoms with Gasteiger partial charge in [0, 0.05) is 30.7 Å². The Hall–Kier alpha value is -3.21. The third-order valence-electron chi connectivity index (χ3n) is 4.43. The largest absolute Gasteiger partial charge is 0.366 e. The first-order valence-corrected chi connectivity index (χ1v) is 8.78. The highest BCUT2D eigenvalue weighted by Crippen LogP contribution is 2.27. The summed E-state index contributed by atoms with van der Waals surface area (Å²) in [6.45, 7) is 5.09. The van der Waals surface area contributed by atoms with Crippen LogP contribution in [-0.2, 0) is 6.54 Å². The average molecular weight is 343 g/mol. The summed E-state index contributed by atoms with van der Waals surface area (Å²) < 4.78 is 1.81. The molecule has 0 bridgehead atoms. The standard InChI is InChI=1S/C21H21N5/c1-15(2)17-6-3-7-18(11-17)19-14-24-26-10-8-20(25-21(19)26)23-13-16-5-4-9-22-12-16/h3-12,14-15H,13H2,1-2H3,(H,23,25). The van der Waals surface area contributed by atoms with E-state index in [2.05, 4.69) is 53.5 Å². The van der Waals surface area contributed by atoms with Crippen LogP contribution in [0.4, 0.5) is 5.82 Å². The van der Waals surface area contributed by atoms with Crippen LogP contribution in [-0.4, -0.2) is 19.6 Å². The van der Waals surface area contributed by atoms with Gasteiger partial charge in [-0.2, -0.15) is 5.10 Å². The SMILES string of the molecule is CC(C)c1cccc(-c2cnn3ccc(NCc4cccnc4)nc23)c1. The summed E-state index contributed by atoms with van der Waals surface area (Å²) in [5.41, 5.74) is 5.46. The van der Waals surface area contributed by atoms with E-state index in [4.69, 9.17) is 4.98 Å². The van der Waals surface area contributed by atoms with E-state index in [1.165, 1.54) is 5.56 Å². The third-order valence-corrected chi connectivity index (χ3v) is 4.43. The summed E-state index contributed by atoms with van der Waals surface area (Å²) in [7, 11) is 0.